The number of rotatable bonds is 23. The van der Waals surface area contributed by atoms with Gasteiger partial charge in [0.2, 0.25) is 18.2 Å². The maximum absolute atomic E-state index is 12.9. The van der Waals surface area contributed by atoms with Gasteiger partial charge in [0.15, 0.2) is 37.7 Å². The third kappa shape index (κ3) is 14.8. The Morgan fingerprint density at radius 2 is 0.785 bits per heavy atom. The number of aliphatic hydroxyl groups is 17. The first kappa shape index (κ1) is 65.4. The fourth-order valence-electron chi connectivity index (χ4n) is 9.84. The molecule has 6 rings (SSSR count). The zero-order valence-electron chi connectivity index (χ0n) is 42.7. The Morgan fingerprint density at radius 3 is 1.18 bits per heavy atom. The van der Waals surface area contributed by atoms with Gasteiger partial charge in [0, 0.05) is 13.8 Å². The highest BCUT2D eigenvalue weighted by Crippen LogP contribution is 2.37. The van der Waals surface area contributed by atoms with Gasteiger partial charge in [-0.15, -0.1) is 0 Å². The van der Waals surface area contributed by atoms with Gasteiger partial charge in [-0.1, -0.05) is 0 Å². The highest BCUT2D eigenvalue weighted by molar-refractivity contribution is 5.73. The number of nitrogens with one attached hydrogen (secondary N) is 3. The highest BCUT2D eigenvalue weighted by Gasteiger charge is 2.58. The molecule has 0 aromatic carbocycles. The lowest BCUT2D eigenvalue weighted by atomic mass is 9.93. The molecule has 6 aliphatic rings. The number of amides is 3. The number of aliphatic hydroxyl groups excluding tert-OH is 17. The van der Waals surface area contributed by atoms with E-state index < -0.39 is 248 Å². The summed E-state index contributed by atoms with van der Waals surface area (Å²) < 4.78 is 69.3. The van der Waals surface area contributed by atoms with E-state index in [-0.39, 0.29) is 6.41 Å². The van der Waals surface area contributed by atoms with E-state index in [1.807, 2.05) is 0 Å². The van der Waals surface area contributed by atoms with Crippen LogP contribution in [0.3, 0.4) is 0 Å². The van der Waals surface area contributed by atoms with E-state index in [1.165, 1.54) is 6.92 Å². The number of hydrogen-bond acceptors (Lipinski definition) is 32. The van der Waals surface area contributed by atoms with Crippen LogP contribution in [0.1, 0.15) is 20.8 Å². The standard InChI is InChI=1S/C44H75N3O32/c1-12-23(57)28(62)30(64)42(69-12)76-35-21(46-13(2)55)39(70-16(5-49)24(35)58)79-38-27(61)19(8-52)73-44(33(38)67)77-36-22(47-14(3)56)40(71-17(6-50)25(36)59)78-37-26(60)18(7-51)72-43(32(37)66)75-34-20(9-53)74-41(31(65)29(34)63)68-10-15(4-48)45-11-54/h11-12,15-44,48-53,57-67H,4-10H2,1-3H3,(H,45,54)(H,46,55)(H,47,56)/t12-,15+,16+,17+,18+,19+,20+,21+,22+,23+,24+,25+,26-,27-,28+,29+,30-,31+,32+,33+,34+,35+,36+,37-,38-,39-,40-,41+,42-,43-,44-/m0/s1. The Labute approximate surface area is 448 Å². The molecule has 0 aliphatic carbocycles. The molecule has 31 atom stereocenters. The maximum atomic E-state index is 12.9. The van der Waals surface area contributed by atoms with Gasteiger partial charge in [-0.25, -0.2) is 0 Å². The van der Waals surface area contributed by atoms with Crippen LogP contribution in [-0.4, -0.2) is 341 Å². The Hall–Kier alpha value is -2.75. The average molecular weight is 1160 g/mol. The van der Waals surface area contributed by atoms with Crippen LogP contribution >= 0.6 is 0 Å². The van der Waals surface area contributed by atoms with Crippen molar-refractivity contribution in [1.29, 1.82) is 0 Å². The van der Waals surface area contributed by atoms with Crippen LogP contribution in [0, 0.1) is 0 Å². The summed E-state index contributed by atoms with van der Waals surface area (Å²) in [6.45, 7) is -2.71. The Bertz CT molecular complexity index is 1910. The van der Waals surface area contributed by atoms with Crippen molar-refractivity contribution in [3.63, 3.8) is 0 Å². The van der Waals surface area contributed by atoms with Gasteiger partial charge in [-0.05, 0) is 6.92 Å². The van der Waals surface area contributed by atoms with E-state index in [2.05, 4.69) is 16.0 Å². The summed E-state index contributed by atoms with van der Waals surface area (Å²) in [5, 5.41) is 191. The van der Waals surface area contributed by atoms with Gasteiger partial charge in [0.05, 0.1) is 58.4 Å². The van der Waals surface area contributed by atoms with Gasteiger partial charge < -0.3 is 160 Å². The van der Waals surface area contributed by atoms with Crippen LogP contribution in [0.5, 0.6) is 0 Å². The fourth-order valence-corrected chi connectivity index (χ4v) is 9.84. The van der Waals surface area contributed by atoms with Crippen molar-refractivity contribution in [2.24, 2.45) is 0 Å². The molecule has 79 heavy (non-hydrogen) atoms. The van der Waals surface area contributed by atoms with Crippen LogP contribution in [-0.2, 0) is 71.2 Å². The molecule has 0 bridgehead atoms. The largest absolute Gasteiger partial charge is 0.394 e. The van der Waals surface area contributed by atoms with E-state index in [1.54, 1.807) is 0 Å². The van der Waals surface area contributed by atoms with Crippen LogP contribution in [0.4, 0.5) is 0 Å². The molecule has 20 N–H and O–H groups in total. The lowest BCUT2D eigenvalue weighted by Gasteiger charge is -2.51. The predicted octanol–water partition coefficient (Wildman–Crippen LogP) is -13.7. The monoisotopic (exact) mass is 1160 g/mol. The molecule has 6 aliphatic heterocycles. The summed E-state index contributed by atoms with van der Waals surface area (Å²) in [6.07, 6.45) is -52.3. The van der Waals surface area contributed by atoms with Crippen molar-refractivity contribution in [2.75, 3.05) is 46.2 Å². The van der Waals surface area contributed by atoms with Crippen molar-refractivity contribution in [3.8, 4) is 0 Å². The molecule has 0 spiro atoms. The zero-order chi connectivity index (χ0) is 58.3. The van der Waals surface area contributed by atoms with Gasteiger partial charge in [-0.3, -0.25) is 14.4 Å². The van der Waals surface area contributed by atoms with E-state index in [0.29, 0.717) is 0 Å². The third-order valence-electron chi connectivity index (χ3n) is 14.2. The average Bonchev–Trinajstić information content (AvgIpc) is 3.43. The quantitative estimate of drug-likeness (QED) is 0.0423. The Balaban J connectivity index is 1.24. The molecular formula is C44H75N3O32. The van der Waals surface area contributed by atoms with E-state index in [4.69, 9.17) is 56.8 Å². The molecule has 458 valence electrons. The Kier molecular flexibility index (Phi) is 24.2. The van der Waals surface area contributed by atoms with Crippen molar-refractivity contribution >= 4 is 18.2 Å². The van der Waals surface area contributed by atoms with E-state index >= 15 is 0 Å². The maximum Gasteiger partial charge on any atom is 0.217 e. The molecule has 0 saturated carbocycles. The predicted molar refractivity (Wildman–Crippen MR) is 245 cm³/mol. The molecule has 0 unspecified atom stereocenters. The second-order valence-electron chi connectivity index (χ2n) is 19.7. The molecule has 6 saturated heterocycles. The molecular weight excluding hydrogens is 1080 g/mol. The number of hydrogen-bond donors (Lipinski definition) is 20. The van der Waals surface area contributed by atoms with Crippen LogP contribution in [0.15, 0.2) is 0 Å². The van der Waals surface area contributed by atoms with Crippen molar-refractivity contribution in [1.82, 2.24) is 16.0 Å². The molecule has 6 heterocycles. The fraction of sp³-hybridized carbons (Fsp3) is 0.932. The summed E-state index contributed by atoms with van der Waals surface area (Å²) in [5.41, 5.74) is 0. The van der Waals surface area contributed by atoms with Crippen molar-refractivity contribution in [2.45, 2.75) is 211 Å². The van der Waals surface area contributed by atoms with Crippen LogP contribution in [0.2, 0.25) is 0 Å². The van der Waals surface area contributed by atoms with Gasteiger partial charge in [0.25, 0.3) is 0 Å². The van der Waals surface area contributed by atoms with Gasteiger partial charge in [0.1, 0.15) is 140 Å². The number of carbonyl (C=O) groups is 3. The summed E-state index contributed by atoms with van der Waals surface area (Å²) >= 11 is 0. The first-order valence-electron chi connectivity index (χ1n) is 25.2. The van der Waals surface area contributed by atoms with Crippen LogP contribution < -0.4 is 16.0 Å². The third-order valence-corrected chi connectivity index (χ3v) is 14.2. The summed E-state index contributed by atoms with van der Waals surface area (Å²) in [5.74, 6) is -1.71. The minimum absolute atomic E-state index is 0.275. The minimum atomic E-state index is -2.26. The van der Waals surface area contributed by atoms with Crippen LogP contribution in [0.25, 0.3) is 0 Å². The second kappa shape index (κ2) is 29.2. The minimum Gasteiger partial charge on any atom is -0.394 e. The molecule has 0 aromatic heterocycles. The van der Waals surface area contributed by atoms with Crippen molar-refractivity contribution in [3.05, 3.63) is 0 Å². The first-order valence-corrected chi connectivity index (χ1v) is 25.2. The molecule has 35 heteroatoms. The zero-order valence-corrected chi connectivity index (χ0v) is 42.7. The number of carbonyl (C=O) groups excluding carboxylic acids is 3. The van der Waals surface area contributed by atoms with Gasteiger partial charge in [-0.2, -0.15) is 0 Å². The van der Waals surface area contributed by atoms with Crippen molar-refractivity contribution < 1.29 is 158 Å². The first-order chi connectivity index (χ1) is 37.5. The lowest BCUT2D eigenvalue weighted by molar-refractivity contribution is -0.386. The topological polar surface area (TPSA) is 542 Å². The number of ether oxygens (including phenoxy) is 12. The molecule has 3 amide bonds. The highest BCUT2D eigenvalue weighted by atomic mass is 16.8. The molecule has 35 nitrogen and oxygen atoms in total. The summed E-state index contributed by atoms with van der Waals surface area (Å²) in [6, 6.07) is -4.50. The lowest BCUT2D eigenvalue weighted by Crippen LogP contribution is -2.71. The summed E-state index contributed by atoms with van der Waals surface area (Å²) in [7, 11) is 0. The molecule has 0 radical (unpaired) electrons. The van der Waals surface area contributed by atoms with Gasteiger partial charge >= 0.3 is 0 Å². The van der Waals surface area contributed by atoms with E-state index in [9.17, 15) is 101 Å². The second-order valence-corrected chi connectivity index (χ2v) is 19.7. The van der Waals surface area contributed by atoms with E-state index in [0.717, 1.165) is 13.8 Å². The normalized spacial score (nSPS) is 47.2. The summed E-state index contributed by atoms with van der Waals surface area (Å²) in [4.78, 5) is 36.4. The SMILES string of the molecule is CC(=O)N[C@H]1[C@H](O[C@H]2[C@@H](O)[C@@H](CO)O[C@@H](O[C@H]3[C@H](O)[C@@H](CO)O[C@@H](O[C@H]4[C@@H](O)[C@@H](CO)O[C@@H](O[C@H]5[C@H](O)[C@@H](O)[C@H](OC[C@@H](CO)NC=O)O[C@@H]5CO)[C@@H]4O)[C@@H]3NC(C)=O)[C@@H]2O)O[C@H](CO)[C@@H](O)[C@@H]1O[C@@H]1O[C@@H](C)[C@@H](O)[C@@H](O)[C@@H]1O. The Morgan fingerprint density at radius 1 is 0.430 bits per heavy atom. The smallest absolute Gasteiger partial charge is 0.217 e. The molecule has 0 aromatic rings. The molecule has 6 fully saturated rings.